The Morgan fingerprint density at radius 1 is 1.86 bits per heavy atom. The van der Waals surface area contributed by atoms with Gasteiger partial charge in [0.15, 0.2) is 0 Å². The molecule has 40 valence electrons. The van der Waals surface area contributed by atoms with Crippen molar-refractivity contribution in [1.82, 2.24) is 5.32 Å². The Morgan fingerprint density at radius 3 is 2.57 bits per heavy atom. The molecule has 1 saturated carbocycles. The Kier molecular flexibility index (Phi) is 1.05. The van der Waals surface area contributed by atoms with E-state index in [0.717, 1.165) is 12.0 Å². The van der Waals surface area contributed by atoms with Crippen LogP contribution in [0.3, 0.4) is 0 Å². The van der Waals surface area contributed by atoms with E-state index in [1.165, 1.54) is 6.42 Å². The standard InChI is InChI=1S/C6H11N/c1-3-7-6-4-5(6)2/h3,5-7H,1,4H2,2H3. The van der Waals surface area contributed by atoms with Crippen molar-refractivity contribution < 1.29 is 0 Å². The highest BCUT2D eigenvalue weighted by molar-refractivity contribution is 4.92. The maximum Gasteiger partial charge on any atom is 0.0285 e. The first kappa shape index (κ1) is 4.69. The summed E-state index contributed by atoms with van der Waals surface area (Å²) in [5.41, 5.74) is 0. The van der Waals surface area contributed by atoms with Gasteiger partial charge in [-0.25, -0.2) is 0 Å². The third-order valence-corrected chi connectivity index (χ3v) is 1.44. The molecule has 0 spiro atoms. The average molecular weight is 97.2 g/mol. The molecule has 0 bridgehead atoms. The summed E-state index contributed by atoms with van der Waals surface area (Å²) in [6.07, 6.45) is 3.10. The van der Waals surface area contributed by atoms with Crippen LogP contribution >= 0.6 is 0 Å². The van der Waals surface area contributed by atoms with Gasteiger partial charge in [0.2, 0.25) is 0 Å². The third kappa shape index (κ3) is 0.952. The van der Waals surface area contributed by atoms with Gasteiger partial charge in [0, 0.05) is 6.04 Å². The van der Waals surface area contributed by atoms with Crippen LogP contribution in [0.5, 0.6) is 0 Å². The minimum atomic E-state index is 0.748. The fourth-order valence-corrected chi connectivity index (χ4v) is 0.706. The molecule has 0 aromatic carbocycles. The minimum absolute atomic E-state index is 0.748. The predicted molar refractivity (Wildman–Crippen MR) is 30.9 cm³/mol. The van der Waals surface area contributed by atoms with E-state index < -0.39 is 0 Å². The SMILES string of the molecule is C=CNC1CC1C. The Morgan fingerprint density at radius 2 is 2.43 bits per heavy atom. The molecular formula is C6H11N. The van der Waals surface area contributed by atoms with E-state index >= 15 is 0 Å². The molecule has 7 heavy (non-hydrogen) atoms. The summed E-state index contributed by atoms with van der Waals surface area (Å²) in [5.74, 6) is 0.887. The van der Waals surface area contributed by atoms with Gasteiger partial charge in [-0.05, 0) is 18.5 Å². The molecule has 1 N–H and O–H groups in total. The topological polar surface area (TPSA) is 12.0 Å². The lowest BCUT2D eigenvalue weighted by Gasteiger charge is -1.90. The second kappa shape index (κ2) is 1.57. The minimum Gasteiger partial charge on any atom is -0.388 e. The Bertz CT molecular complexity index is 78.2. The summed E-state index contributed by atoms with van der Waals surface area (Å²) in [6, 6.07) is 0.748. The van der Waals surface area contributed by atoms with Gasteiger partial charge >= 0.3 is 0 Å². The highest BCUT2D eigenvalue weighted by atomic mass is 14.9. The molecule has 0 saturated heterocycles. The molecule has 2 unspecified atom stereocenters. The first-order chi connectivity index (χ1) is 3.34. The van der Waals surface area contributed by atoms with Crippen molar-refractivity contribution in [1.29, 1.82) is 0 Å². The van der Waals surface area contributed by atoms with Crippen LogP contribution in [0, 0.1) is 5.92 Å². The summed E-state index contributed by atoms with van der Waals surface area (Å²) in [7, 11) is 0. The zero-order chi connectivity index (χ0) is 5.28. The van der Waals surface area contributed by atoms with E-state index in [1.807, 2.05) is 0 Å². The average Bonchev–Trinajstić information content (AvgIpc) is 2.22. The molecule has 1 aliphatic rings. The second-order valence-electron chi connectivity index (χ2n) is 2.19. The van der Waals surface area contributed by atoms with Crippen molar-refractivity contribution in [3.63, 3.8) is 0 Å². The summed E-state index contributed by atoms with van der Waals surface area (Å²) < 4.78 is 0. The molecular weight excluding hydrogens is 86.1 g/mol. The monoisotopic (exact) mass is 97.1 g/mol. The lowest BCUT2D eigenvalue weighted by Crippen LogP contribution is -2.07. The van der Waals surface area contributed by atoms with Crippen molar-refractivity contribution in [2.45, 2.75) is 19.4 Å². The van der Waals surface area contributed by atoms with Crippen LogP contribution in [0.25, 0.3) is 0 Å². The van der Waals surface area contributed by atoms with E-state index in [0.29, 0.717) is 0 Å². The number of hydrogen-bond acceptors (Lipinski definition) is 1. The summed E-state index contributed by atoms with van der Waals surface area (Å²) in [6.45, 7) is 5.80. The highest BCUT2D eigenvalue weighted by Gasteiger charge is 2.30. The fourth-order valence-electron chi connectivity index (χ4n) is 0.706. The molecule has 0 aliphatic heterocycles. The maximum atomic E-state index is 3.56. The van der Waals surface area contributed by atoms with Crippen molar-refractivity contribution in [2.75, 3.05) is 0 Å². The Balaban J connectivity index is 2.08. The van der Waals surface area contributed by atoms with Crippen LogP contribution < -0.4 is 5.32 Å². The van der Waals surface area contributed by atoms with Crippen LogP contribution in [-0.2, 0) is 0 Å². The van der Waals surface area contributed by atoms with Gasteiger partial charge in [-0.3, -0.25) is 0 Å². The normalized spacial score (nSPS) is 37.3. The van der Waals surface area contributed by atoms with Crippen LogP contribution in [0.4, 0.5) is 0 Å². The van der Waals surface area contributed by atoms with Crippen molar-refractivity contribution >= 4 is 0 Å². The van der Waals surface area contributed by atoms with Crippen LogP contribution in [0.1, 0.15) is 13.3 Å². The van der Waals surface area contributed by atoms with E-state index in [1.54, 1.807) is 6.20 Å². The summed E-state index contributed by atoms with van der Waals surface area (Å²) in [5, 5.41) is 3.13. The van der Waals surface area contributed by atoms with Crippen molar-refractivity contribution in [3.8, 4) is 0 Å². The fraction of sp³-hybridized carbons (Fsp3) is 0.667. The summed E-state index contributed by atoms with van der Waals surface area (Å²) >= 11 is 0. The molecule has 0 heterocycles. The van der Waals surface area contributed by atoms with E-state index in [4.69, 9.17) is 0 Å². The van der Waals surface area contributed by atoms with Crippen molar-refractivity contribution in [3.05, 3.63) is 12.8 Å². The lowest BCUT2D eigenvalue weighted by atomic mass is 10.5. The van der Waals surface area contributed by atoms with Gasteiger partial charge in [0.05, 0.1) is 0 Å². The van der Waals surface area contributed by atoms with Gasteiger partial charge in [-0.2, -0.15) is 0 Å². The maximum absolute atomic E-state index is 3.56. The Hall–Kier alpha value is -0.460. The molecule has 0 radical (unpaired) electrons. The first-order valence-corrected chi connectivity index (χ1v) is 2.71. The quantitative estimate of drug-likeness (QED) is 0.544. The molecule has 1 fully saturated rings. The predicted octanol–water partition coefficient (Wildman–Crippen LogP) is 1.13. The lowest BCUT2D eigenvalue weighted by molar-refractivity contribution is 0.785. The molecule has 1 heteroatoms. The highest BCUT2D eigenvalue weighted by Crippen LogP contribution is 2.28. The molecule has 0 amide bonds. The van der Waals surface area contributed by atoms with Gasteiger partial charge in [0.1, 0.15) is 0 Å². The van der Waals surface area contributed by atoms with Crippen LogP contribution in [-0.4, -0.2) is 6.04 Å². The zero-order valence-electron chi connectivity index (χ0n) is 4.65. The van der Waals surface area contributed by atoms with Gasteiger partial charge in [-0.15, -0.1) is 0 Å². The Labute approximate surface area is 44.4 Å². The molecule has 1 aliphatic carbocycles. The molecule has 1 nitrogen and oxygen atoms in total. The first-order valence-electron chi connectivity index (χ1n) is 2.71. The van der Waals surface area contributed by atoms with E-state index in [2.05, 4.69) is 18.8 Å². The second-order valence-corrected chi connectivity index (χ2v) is 2.19. The van der Waals surface area contributed by atoms with Gasteiger partial charge < -0.3 is 5.32 Å². The van der Waals surface area contributed by atoms with Crippen LogP contribution in [0.2, 0.25) is 0 Å². The zero-order valence-corrected chi connectivity index (χ0v) is 4.65. The molecule has 1 rings (SSSR count). The number of hydrogen-bond donors (Lipinski definition) is 1. The number of rotatable bonds is 2. The van der Waals surface area contributed by atoms with Gasteiger partial charge in [-0.1, -0.05) is 13.5 Å². The van der Waals surface area contributed by atoms with E-state index in [9.17, 15) is 0 Å². The third-order valence-electron chi connectivity index (χ3n) is 1.44. The molecule has 0 aromatic rings. The van der Waals surface area contributed by atoms with Crippen molar-refractivity contribution in [2.24, 2.45) is 5.92 Å². The molecule has 0 aromatic heterocycles. The smallest absolute Gasteiger partial charge is 0.0285 e. The van der Waals surface area contributed by atoms with E-state index in [-0.39, 0.29) is 0 Å². The van der Waals surface area contributed by atoms with Crippen LogP contribution in [0.15, 0.2) is 12.8 Å². The summed E-state index contributed by atoms with van der Waals surface area (Å²) in [4.78, 5) is 0. The largest absolute Gasteiger partial charge is 0.388 e. The van der Waals surface area contributed by atoms with Gasteiger partial charge in [0.25, 0.3) is 0 Å². The molecule has 2 atom stereocenters. The number of nitrogens with one attached hydrogen (secondary N) is 1.